The largest absolute Gasteiger partial charge is 0.508 e. The molecule has 4 heteroatoms. The first kappa shape index (κ1) is 19.2. The summed E-state index contributed by atoms with van der Waals surface area (Å²) >= 11 is 0. The summed E-state index contributed by atoms with van der Waals surface area (Å²) in [4.78, 5) is 10.9. The summed E-state index contributed by atoms with van der Waals surface area (Å²) in [7, 11) is 0. The number of aromatic hydroxyl groups is 1. The summed E-state index contributed by atoms with van der Waals surface area (Å²) in [5, 5.41) is 18.4. The van der Waals surface area contributed by atoms with Crippen molar-refractivity contribution in [1.29, 1.82) is 0 Å². The van der Waals surface area contributed by atoms with Crippen molar-refractivity contribution >= 4 is 17.6 Å². The second-order valence-corrected chi connectivity index (χ2v) is 6.42. The molecule has 0 saturated carbocycles. The Morgan fingerprint density at radius 1 is 0.893 bits per heavy atom. The smallest absolute Gasteiger partial charge is 0.341 e. The Kier molecular flexibility index (Phi) is 6.47. The summed E-state index contributed by atoms with van der Waals surface area (Å²) < 4.78 is 5.44. The van der Waals surface area contributed by atoms with Crippen LogP contribution in [0.15, 0.2) is 78.9 Å². The normalized spacial score (nSPS) is 11.2. The molecule has 0 heterocycles. The highest BCUT2D eigenvalue weighted by atomic mass is 16.5. The van der Waals surface area contributed by atoms with E-state index in [9.17, 15) is 9.90 Å². The van der Waals surface area contributed by atoms with Gasteiger partial charge in [0.15, 0.2) is 6.61 Å². The first-order chi connectivity index (χ1) is 13.6. The van der Waals surface area contributed by atoms with Gasteiger partial charge in [-0.1, -0.05) is 60.7 Å². The van der Waals surface area contributed by atoms with Gasteiger partial charge in [-0.05, 0) is 53.8 Å². The Morgan fingerprint density at radius 3 is 2.29 bits per heavy atom. The van der Waals surface area contributed by atoms with Crippen LogP contribution in [0.5, 0.6) is 11.5 Å². The number of aryl methyl sites for hydroxylation is 1. The van der Waals surface area contributed by atoms with Crippen molar-refractivity contribution in [2.24, 2.45) is 0 Å². The summed E-state index contributed by atoms with van der Waals surface area (Å²) in [6, 6.07) is 24.7. The van der Waals surface area contributed by atoms with Crippen molar-refractivity contribution < 1.29 is 19.7 Å². The minimum absolute atomic E-state index is 0.257. The fraction of sp³-hybridized carbons (Fsp3) is 0.125. The highest BCUT2D eigenvalue weighted by Gasteiger charge is 2.08. The van der Waals surface area contributed by atoms with E-state index < -0.39 is 5.97 Å². The average Bonchev–Trinajstić information content (AvgIpc) is 2.72. The summed E-state index contributed by atoms with van der Waals surface area (Å²) in [6.45, 7) is -0.376. The number of carboxylic acid groups (broad SMARTS) is 1. The van der Waals surface area contributed by atoms with E-state index in [2.05, 4.69) is 12.1 Å². The minimum atomic E-state index is -1.01. The second kappa shape index (κ2) is 9.42. The van der Waals surface area contributed by atoms with E-state index in [1.165, 1.54) is 0 Å². The van der Waals surface area contributed by atoms with Gasteiger partial charge in [-0.25, -0.2) is 4.79 Å². The number of carbonyl (C=O) groups is 1. The molecule has 0 aromatic heterocycles. The van der Waals surface area contributed by atoms with Gasteiger partial charge in [-0.3, -0.25) is 0 Å². The molecule has 0 unspecified atom stereocenters. The summed E-state index contributed by atoms with van der Waals surface area (Å²) in [5.41, 5.74) is 4.21. The maximum Gasteiger partial charge on any atom is 0.341 e. The van der Waals surface area contributed by atoms with Gasteiger partial charge in [-0.2, -0.15) is 0 Å². The molecule has 2 N–H and O–H groups in total. The van der Waals surface area contributed by atoms with Crippen LogP contribution in [0.3, 0.4) is 0 Å². The van der Waals surface area contributed by atoms with Crippen LogP contribution < -0.4 is 4.74 Å². The molecule has 0 fully saturated rings. The SMILES string of the molecule is O=C(O)COc1ccccc1/C=C(\CCc1ccc(O)cc1)c1ccccc1. The number of rotatable bonds is 8. The van der Waals surface area contributed by atoms with E-state index in [0.29, 0.717) is 5.75 Å². The number of phenols is 1. The number of allylic oxidation sites excluding steroid dienone is 1. The molecule has 0 atom stereocenters. The third kappa shape index (κ3) is 5.48. The van der Waals surface area contributed by atoms with Gasteiger partial charge in [-0.15, -0.1) is 0 Å². The van der Waals surface area contributed by atoms with Crippen molar-refractivity contribution in [3.05, 3.63) is 95.6 Å². The van der Waals surface area contributed by atoms with Gasteiger partial charge < -0.3 is 14.9 Å². The van der Waals surface area contributed by atoms with Crippen molar-refractivity contribution in [2.45, 2.75) is 12.8 Å². The molecule has 4 nitrogen and oxygen atoms in total. The highest BCUT2D eigenvalue weighted by Crippen LogP contribution is 2.28. The van der Waals surface area contributed by atoms with E-state index >= 15 is 0 Å². The molecule has 3 aromatic rings. The predicted octanol–water partition coefficient (Wildman–Crippen LogP) is 5.03. The monoisotopic (exact) mass is 374 g/mol. The zero-order valence-corrected chi connectivity index (χ0v) is 15.4. The number of hydrogen-bond acceptors (Lipinski definition) is 3. The van der Waals surface area contributed by atoms with E-state index in [0.717, 1.165) is 35.1 Å². The fourth-order valence-electron chi connectivity index (χ4n) is 2.95. The number of benzene rings is 3. The molecule has 0 aliphatic heterocycles. The van der Waals surface area contributed by atoms with Gasteiger partial charge in [0.25, 0.3) is 0 Å². The van der Waals surface area contributed by atoms with Crippen molar-refractivity contribution in [2.75, 3.05) is 6.61 Å². The standard InChI is InChI=1S/C24H22O4/c25-22-14-11-18(12-15-22)10-13-20(19-6-2-1-3-7-19)16-21-8-4-5-9-23(21)28-17-24(26)27/h1-9,11-12,14-16,25H,10,13,17H2,(H,26,27)/b20-16+. The molecule has 0 amide bonds. The number of hydrogen-bond donors (Lipinski definition) is 2. The Balaban J connectivity index is 1.89. The lowest BCUT2D eigenvalue weighted by Crippen LogP contribution is -2.10. The lowest BCUT2D eigenvalue weighted by molar-refractivity contribution is -0.139. The molecule has 3 rings (SSSR count). The fourth-order valence-corrected chi connectivity index (χ4v) is 2.95. The van der Waals surface area contributed by atoms with E-state index in [1.54, 1.807) is 18.2 Å². The molecule has 0 aliphatic carbocycles. The van der Waals surface area contributed by atoms with Crippen LogP contribution in [0, 0.1) is 0 Å². The van der Waals surface area contributed by atoms with Crippen molar-refractivity contribution in [3.8, 4) is 11.5 Å². The summed E-state index contributed by atoms with van der Waals surface area (Å²) in [5.74, 6) is -0.204. The first-order valence-corrected chi connectivity index (χ1v) is 9.09. The highest BCUT2D eigenvalue weighted by molar-refractivity contribution is 5.83. The molecule has 142 valence electrons. The van der Waals surface area contributed by atoms with E-state index in [-0.39, 0.29) is 12.4 Å². The van der Waals surface area contributed by atoms with E-state index in [4.69, 9.17) is 9.84 Å². The predicted molar refractivity (Wildman–Crippen MR) is 110 cm³/mol. The lowest BCUT2D eigenvalue weighted by atomic mass is 9.96. The zero-order chi connectivity index (χ0) is 19.8. The van der Waals surface area contributed by atoms with Gasteiger partial charge in [0.2, 0.25) is 0 Å². The Labute approximate surface area is 164 Å². The van der Waals surface area contributed by atoms with Crippen LogP contribution in [0.1, 0.15) is 23.1 Å². The molecule has 3 aromatic carbocycles. The number of phenolic OH excluding ortho intramolecular Hbond substituents is 1. The Hall–Kier alpha value is -3.53. The van der Waals surface area contributed by atoms with Crippen LogP contribution in [-0.4, -0.2) is 22.8 Å². The summed E-state index contributed by atoms with van der Waals surface area (Å²) in [6.07, 6.45) is 3.66. The third-order valence-electron chi connectivity index (χ3n) is 4.36. The maximum absolute atomic E-state index is 10.9. The minimum Gasteiger partial charge on any atom is -0.508 e. The molecule has 0 bridgehead atoms. The number of carboxylic acids is 1. The third-order valence-corrected chi connectivity index (χ3v) is 4.36. The quantitative estimate of drug-likeness (QED) is 0.543. The molecule has 0 saturated heterocycles. The number of aliphatic carboxylic acids is 1. The number of para-hydroxylation sites is 1. The van der Waals surface area contributed by atoms with Crippen molar-refractivity contribution in [1.82, 2.24) is 0 Å². The van der Waals surface area contributed by atoms with Gasteiger partial charge in [0, 0.05) is 5.56 Å². The molecule has 0 spiro atoms. The molecule has 28 heavy (non-hydrogen) atoms. The molecular formula is C24H22O4. The van der Waals surface area contributed by atoms with Crippen LogP contribution in [-0.2, 0) is 11.2 Å². The topological polar surface area (TPSA) is 66.8 Å². The van der Waals surface area contributed by atoms with Crippen molar-refractivity contribution in [3.63, 3.8) is 0 Å². The second-order valence-electron chi connectivity index (χ2n) is 6.42. The Morgan fingerprint density at radius 2 is 1.57 bits per heavy atom. The zero-order valence-electron chi connectivity index (χ0n) is 15.4. The average molecular weight is 374 g/mol. The van der Waals surface area contributed by atoms with Gasteiger partial charge in [0.1, 0.15) is 11.5 Å². The van der Waals surface area contributed by atoms with E-state index in [1.807, 2.05) is 54.6 Å². The molecule has 0 aliphatic rings. The first-order valence-electron chi connectivity index (χ1n) is 9.09. The van der Waals surface area contributed by atoms with Crippen LogP contribution in [0.2, 0.25) is 0 Å². The van der Waals surface area contributed by atoms with Crippen LogP contribution >= 0.6 is 0 Å². The van der Waals surface area contributed by atoms with Gasteiger partial charge in [0.05, 0.1) is 0 Å². The molecular weight excluding hydrogens is 352 g/mol. The van der Waals surface area contributed by atoms with Crippen LogP contribution in [0.4, 0.5) is 0 Å². The Bertz CT molecular complexity index is 944. The molecule has 0 radical (unpaired) electrons. The number of ether oxygens (including phenoxy) is 1. The maximum atomic E-state index is 10.9. The lowest BCUT2D eigenvalue weighted by Gasteiger charge is -2.12. The van der Waals surface area contributed by atoms with Gasteiger partial charge >= 0.3 is 5.97 Å². The van der Waals surface area contributed by atoms with Crippen LogP contribution in [0.25, 0.3) is 11.6 Å².